The monoisotopic (exact) mass is 1000 g/mol. The Morgan fingerprint density at radius 1 is 0.269 bits per heavy atom. The predicted octanol–water partition coefficient (Wildman–Crippen LogP) is 21.3. The number of fused-ring (bicyclic) bond motifs is 6. The molecule has 0 amide bonds. The summed E-state index contributed by atoms with van der Waals surface area (Å²) in [6.07, 6.45) is 0. The molecular weight excluding hydrogens is 947 g/mol. The van der Waals surface area contributed by atoms with E-state index in [0.29, 0.717) is 0 Å². The molecule has 0 atom stereocenters. The number of anilines is 6. The summed E-state index contributed by atoms with van der Waals surface area (Å²) in [5.41, 5.74) is 20.7. The maximum atomic E-state index is 6.56. The summed E-state index contributed by atoms with van der Waals surface area (Å²) in [5, 5.41) is 4.56. The van der Waals surface area contributed by atoms with Crippen LogP contribution in [0.4, 0.5) is 34.1 Å². The van der Waals surface area contributed by atoms with Crippen LogP contribution in [0.1, 0.15) is 13.8 Å². The van der Waals surface area contributed by atoms with Crippen LogP contribution in [0.25, 0.3) is 93.9 Å². The van der Waals surface area contributed by atoms with Crippen LogP contribution >= 0.6 is 0 Å². The average Bonchev–Trinajstić information content (AvgIpc) is 4.15. The van der Waals surface area contributed by atoms with Gasteiger partial charge in [0.15, 0.2) is 0 Å². The van der Waals surface area contributed by atoms with Gasteiger partial charge in [0, 0.05) is 67.3 Å². The fourth-order valence-corrected chi connectivity index (χ4v) is 11.1. The van der Waals surface area contributed by atoms with E-state index in [0.717, 1.165) is 94.9 Å². The molecule has 0 N–H and O–H groups in total. The van der Waals surface area contributed by atoms with Gasteiger partial charge in [0.2, 0.25) is 0 Å². The van der Waals surface area contributed by atoms with E-state index < -0.39 is 0 Å². The second kappa shape index (κ2) is 20.9. The van der Waals surface area contributed by atoms with Crippen molar-refractivity contribution in [2.45, 2.75) is 13.8 Å². The lowest BCUT2D eigenvalue weighted by Gasteiger charge is -2.29. The molecule has 78 heavy (non-hydrogen) atoms. The molecule has 2 heterocycles. The maximum absolute atomic E-state index is 6.56. The molecule has 12 aromatic carbocycles. The van der Waals surface area contributed by atoms with Crippen LogP contribution in [0.5, 0.6) is 0 Å². The lowest BCUT2D eigenvalue weighted by atomic mass is 9.99. The highest BCUT2D eigenvalue weighted by atomic mass is 16.3. The number of nitrogens with zero attached hydrogens (tertiary/aromatic N) is 3. The van der Waals surface area contributed by atoms with Gasteiger partial charge in [-0.15, -0.1) is 0 Å². The average molecular weight is 1000 g/mol. The van der Waals surface area contributed by atoms with Crippen molar-refractivity contribution in [1.82, 2.24) is 4.57 Å². The zero-order valence-electron chi connectivity index (χ0n) is 43.5. The highest BCUT2D eigenvalue weighted by Gasteiger charge is 2.22. The molecule has 0 bridgehead atoms. The molecule has 14 rings (SSSR count). The first-order chi connectivity index (χ1) is 38.7. The Morgan fingerprint density at radius 2 is 0.718 bits per heavy atom. The van der Waals surface area contributed by atoms with E-state index in [1.165, 1.54) is 33.2 Å². The number of aromatic nitrogens is 1. The molecule has 4 nitrogen and oxygen atoms in total. The number of para-hydroxylation sites is 3. The minimum Gasteiger partial charge on any atom is -0.456 e. The van der Waals surface area contributed by atoms with Gasteiger partial charge in [0.25, 0.3) is 0 Å². The SMILES string of the molecule is CC.c1ccc(-c2ccc(N(c3cccc(-c4ccccc4N(c4ccccc4)c4ccc(-c5ccccc5)cc4)c3)c3ccc4c5cc6c(cc5n(-c5ccc(-c7ccccc7)cc5)c4c3)oc3ccccc36)cc2)cc1. The van der Waals surface area contributed by atoms with E-state index in [4.69, 9.17) is 4.42 Å². The molecule has 0 aliphatic carbocycles. The molecule has 0 aliphatic rings. The molecule has 0 saturated carbocycles. The van der Waals surface area contributed by atoms with E-state index in [1.54, 1.807) is 0 Å². The first-order valence-electron chi connectivity index (χ1n) is 26.9. The Morgan fingerprint density at radius 3 is 1.35 bits per heavy atom. The van der Waals surface area contributed by atoms with Crippen molar-refractivity contribution in [3.8, 4) is 50.2 Å². The topological polar surface area (TPSA) is 24.6 Å². The van der Waals surface area contributed by atoms with Gasteiger partial charge in [0.1, 0.15) is 11.2 Å². The largest absolute Gasteiger partial charge is 0.456 e. The minimum atomic E-state index is 0.867. The second-order valence-corrected chi connectivity index (χ2v) is 19.3. The van der Waals surface area contributed by atoms with Gasteiger partial charge in [-0.05, 0) is 130 Å². The maximum Gasteiger partial charge on any atom is 0.137 e. The molecular formula is C74H55N3O. The third kappa shape index (κ3) is 8.85. The number of hydrogen-bond donors (Lipinski definition) is 0. The number of furan rings is 1. The molecule has 0 aliphatic heterocycles. The third-order valence-electron chi connectivity index (χ3n) is 14.8. The van der Waals surface area contributed by atoms with Crippen molar-refractivity contribution in [3.05, 3.63) is 297 Å². The zero-order valence-corrected chi connectivity index (χ0v) is 43.5. The summed E-state index contributed by atoms with van der Waals surface area (Å²) < 4.78 is 8.97. The van der Waals surface area contributed by atoms with Crippen LogP contribution in [0.15, 0.2) is 302 Å². The van der Waals surface area contributed by atoms with Crippen molar-refractivity contribution in [2.75, 3.05) is 9.80 Å². The Balaban J connectivity index is 0.00000286. The fourth-order valence-electron chi connectivity index (χ4n) is 11.1. The Bertz CT molecular complexity index is 4360. The van der Waals surface area contributed by atoms with E-state index in [9.17, 15) is 0 Å². The van der Waals surface area contributed by atoms with Crippen molar-refractivity contribution in [3.63, 3.8) is 0 Å². The zero-order chi connectivity index (χ0) is 52.4. The highest BCUT2D eigenvalue weighted by Crippen LogP contribution is 2.46. The van der Waals surface area contributed by atoms with Gasteiger partial charge in [-0.25, -0.2) is 0 Å². The second-order valence-electron chi connectivity index (χ2n) is 19.3. The van der Waals surface area contributed by atoms with Gasteiger partial charge in [-0.3, -0.25) is 0 Å². The van der Waals surface area contributed by atoms with Gasteiger partial charge in [-0.1, -0.05) is 214 Å². The smallest absolute Gasteiger partial charge is 0.137 e. The summed E-state index contributed by atoms with van der Waals surface area (Å²) >= 11 is 0. The molecule has 4 heteroatoms. The quantitative estimate of drug-likeness (QED) is 0.129. The van der Waals surface area contributed by atoms with E-state index in [-0.39, 0.29) is 0 Å². The van der Waals surface area contributed by atoms with Crippen molar-refractivity contribution in [2.24, 2.45) is 0 Å². The Kier molecular flexibility index (Phi) is 12.7. The molecule has 372 valence electrons. The number of rotatable bonds is 11. The van der Waals surface area contributed by atoms with Crippen LogP contribution in [-0.4, -0.2) is 4.57 Å². The lowest BCUT2D eigenvalue weighted by Crippen LogP contribution is -2.12. The van der Waals surface area contributed by atoms with E-state index in [2.05, 4.69) is 306 Å². The normalized spacial score (nSPS) is 11.2. The third-order valence-corrected chi connectivity index (χ3v) is 14.8. The van der Waals surface area contributed by atoms with Crippen LogP contribution in [-0.2, 0) is 0 Å². The van der Waals surface area contributed by atoms with Crippen molar-refractivity contribution < 1.29 is 4.42 Å². The number of hydrogen-bond acceptors (Lipinski definition) is 3. The van der Waals surface area contributed by atoms with Crippen LogP contribution in [0.2, 0.25) is 0 Å². The van der Waals surface area contributed by atoms with Crippen LogP contribution < -0.4 is 9.80 Å². The lowest BCUT2D eigenvalue weighted by molar-refractivity contribution is 0.669. The predicted molar refractivity (Wildman–Crippen MR) is 331 cm³/mol. The van der Waals surface area contributed by atoms with Crippen LogP contribution in [0.3, 0.4) is 0 Å². The summed E-state index contributed by atoms with van der Waals surface area (Å²) in [4.78, 5) is 4.77. The summed E-state index contributed by atoms with van der Waals surface area (Å²) in [5.74, 6) is 0. The Labute approximate surface area is 455 Å². The van der Waals surface area contributed by atoms with Gasteiger partial charge >= 0.3 is 0 Å². The standard InChI is InChI=1S/C72H49N3O.C2H6/c1-5-18-50(19-6-1)53-32-38-58(39-33-53)73(61-27-17-24-56(46-61)63-28-13-15-30-68(63)74(57-25-11-4-12-26-57)59-40-34-54(35-41-59)51-20-7-2-8-21-51)62-44-45-64-66-48-67-65-29-14-16-31-71(65)76-72(67)49-70(66)75(69(64)47-62)60-42-36-55(37-43-60)52-22-9-3-10-23-52;1-2/h1-49H;1-2H3. The van der Waals surface area contributed by atoms with E-state index >= 15 is 0 Å². The minimum absolute atomic E-state index is 0.867. The molecule has 14 aromatic rings. The highest BCUT2D eigenvalue weighted by molar-refractivity contribution is 6.18. The fraction of sp³-hybridized carbons (Fsp3) is 0.0270. The van der Waals surface area contributed by atoms with Gasteiger partial charge in [0.05, 0.1) is 16.7 Å². The first-order valence-corrected chi connectivity index (χ1v) is 26.9. The molecule has 0 fully saturated rings. The number of benzene rings is 12. The molecule has 0 unspecified atom stereocenters. The Hall–Kier alpha value is -10.2. The summed E-state index contributed by atoms with van der Waals surface area (Å²) in [7, 11) is 0. The molecule has 0 radical (unpaired) electrons. The van der Waals surface area contributed by atoms with Crippen molar-refractivity contribution >= 4 is 77.9 Å². The van der Waals surface area contributed by atoms with Gasteiger partial charge < -0.3 is 18.8 Å². The summed E-state index contributed by atoms with van der Waals surface area (Å²) in [6.45, 7) is 4.00. The van der Waals surface area contributed by atoms with Gasteiger partial charge in [-0.2, -0.15) is 0 Å². The van der Waals surface area contributed by atoms with Crippen molar-refractivity contribution in [1.29, 1.82) is 0 Å². The molecule has 0 saturated heterocycles. The molecule has 2 aromatic heterocycles. The summed E-state index contributed by atoms with van der Waals surface area (Å²) in [6, 6.07) is 107. The van der Waals surface area contributed by atoms with E-state index in [1.807, 2.05) is 19.9 Å². The molecule has 0 spiro atoms. The first kappa shape index (κ1) is 47.5. The van der Waals surface area contributed by atoms with Crippen LogP contribution in [0, 0.1) is 0 Å².